The summed E-state index contributed by atoms with van der Waals surface area (Å²) in [6.07, 6.45) is 4.80. The molecule has 0 saturated carbocycles. The minimum atomic E-state index is -2.79. The summed E-state index contributed by atoms with van der Waals surface area (Å²) in [5.74, 6) is 0.264. The zero-order valence-electron chi connectivity index (χ0n) is 7.72. The Labute approximate surface area is 80.2 Å². The van der Waals surface area contributed by atoms with Gasteiger partial charge in [-0.25, -0.2) is 8.42 Å². The monoisotopic (exact) mass is 212 g/mol. The molecule has 0 fully saturated rings. The van der Waals surface area contributed by atoms with Crippen molar-refractivity contribution in [3.8, 4) is 0 Å². The zero-order valence-corrected chi connectivity index (χ0v) is 9.29. The van der Waals surface area contributed by atoms with E-state index in [1.54, 1.807) is 0 Å². The number of rotatable bonds is 6. The molecular weight excluding hydrogens is 196 g/mol. The maximum Gasteiger partial charge on any atom is 0.147 e. The second-order valence-electron chi connectivity index (χ2n) is 3.16. The highest BCUT2D eigenvalue weighted by molar-refractivity contribution is 7.90. The number of hydrogen-bond donors (Lipinski definition) is 0. The second-order valence-corrected chi connectivity index (χ2v) is 6.04. The van der Waals surface area contributed by atoms with E-state index < -0.39 is 9.84 Å². The first-order valence-electron chi connectivity index (χ1n) is 4.27. The van der Waals surface area contributed by atoms with E-state index in [4.69, 9.17) is 11.6 Å². The van der Waals surface area contributed by atoms with Gasteiger partial charge in [0, 0.05) is 17.4 Å². The summed E-state index contributed by atoms with van der Waals surface area (Å²) >= 11 is 5.91. The predicted molar refractivity (Wildman–Crippen MR) is 53.5 cm³/mol. The molecule has 0 aliphatic heterocycles. The molecule has 0 spiro atoms. The molecule has 0 aromatic rings. The molecule has 0 bridgehead atoms. The highest BCUT2D eigenvalue weighted by Crippen LogP contribution is 2.12. The van der Waals surface area contributed by atoms with Gasteiger partial charge in [-0.05, 0) is 19.3 Å². The Morgan fingerprint density at radius 2 is 1.92 bits per heavy atom. The largest absolute Gasteiger partial charge is 0.229 e. The van der Waals surface area contributed by atoms with Gasteiger partial charge in [-0.3, -0.25) is 0 Å². The van der Waals surface area contributed by atoms with Crippen molar-refractivity contribution in [3.63, 3.8) is 0 Å². The Morgan fingerprint density at radius 1 is 1.33 bits per heavy atom. The van der Waals surface area contributed by atoms with Crippen molar-refractivity contribution < 1.29 is 8.42 Å². The molecule has 12 heavy (non-hydrogen) atoms. The Hall–Kier alpha value is 0.240. The maximum absolute atomic E-state index is 10.7. The highest BCUT2D eigenvalue weighted by atomic mass is 35.5. The van der Waals surface area contributed by atoms with E-state index in [9.17, 15) is 8.42 Å². The first-order valence-corrected chi connectivity index (χ1v) is 6.77. The molecule has 0 aromatic carbocycles. The van der Waals surface area contributed by atoms with Gasteiger partial charge in [-0.2, -0.15) is 0 Å². The van der Waals surface area contributed by atoms with Crippen LogP contribution >= 0.6 is 11.6 Å². The Bertz CT molecular complexity index is 199. The van der Waals surface area contributed by atoms with E-state index in [0.29, 0.717) is 6.42 Å². The van der Waals surface area contributed by atoms with Gasteiger partial charge < -0.3 is 0 Å². The minimum absolute atomic E-state index is 0.150. The lowest BCUT2D eigenvalue weighted by atomic mass is 10.2. The van der Waals surface area contributed by atoms with Crippen LogP contribution in [0.25, 0.3) is 0 Å². The van der Waals surface area contributed by atoms with Crippen LogP contribution in [0.15, 0.2) is 0 Å². The van der Waals surface area contributed by atoms with Crippen LogP contribution in [0.4, 0.5) is 0 Å². The quantitative estimate of drug-likeness (QED) is 0.633. The summed E-state index contributed by atoms with van der Waals surface area (Å²) in [5.41, 5.74) is 0. The van der Waals surface area contributed by atoms with Crippen molar-refractivity contribution in [3.05, 3.63) is 0 Å². The molecule has 0 rings (SSSR count). The number of hydrogen-bond acceptors (Lipinski definition) is 2. The topological polar surface area (TPSA) is 34.1 Å². The highest BCUT2D eigenvalue weighted by Gasteiger charge is 2.06. The molecule has 0 saturated heterocycles. The van der Waals surface area contributed by atoms with Crippen molar-refractivity contribution in [2.24, 2.45) is 0 Å². The molecule has 0 radical (unpaired) electrons. The van der Waals surface area contributed by atoms with Gasteiger partial charge in [0.2, 0.25) is 0 Å². The third-order valence-corrected chi connectivity index (χ3v) is 3.10. The SMILES string of the molecule is CCCC(Cl)CCCS(C)(=O)=O. The average molecular weight is 213 g/mol. The fourth-order valence-electron chi connectivity index (χ4n) is 1.02. The molecule has 0 aliphatic rings. The van der Waals surface area contributed by atoms with Gasteiger partial charge in [-0.15, -0.1) is 11.6 Å². The van der Waals surface area contributed by atoms with E-state index >= 15 is 0 Å². The standard InChI is InChI=1S/C8H17ClO2S/c1-3-5-8(9)6-4-7-12(2,10)11/h8H,3-7H2,1-2H3. The van der Waals surface area contributed by atoms with Crippen molar-refractivity contribution in [1.82, 2.24) is 0 Å². The first-order chi connectivity index (χ1) is 5.45. The van der Waals surface area contributed by atoms with Crippen molar-refractivity contribution in [2.45, 2.75) is 38.0 Å². The first kappa shape index (κ1) is 12.2. The lowest BCUT2D eigenvalue weighted by Gasteiger charge is -2.05. The van der Waals surface area contributed by atoms with Gasteiger partial charge in [0.1, 0.15) is 9.84 Å². The molecule has 1 unspecified atom stereocenters. The predicted octanol–water partition coefficient (Wildman–Crippen LogP) is 2.22. The van der Waals surface area contributed by atoms with Crippen LogP contribution in [0, 0.1) is 0 Å². The third kappa shape index (κ3) is 8.34. The van der Waals surface area contributed by atoms with E-state index in [0.717, 1.165) is 19.3 Å². The lowest BCUT2D eigenvalue weighted by Crippen LogP contribution is -2.06. The second kappa shape index (κ2) is 5.81. The van der Waals surface area contributed by atoms with Crippen molar-refractivity contribution in [1.29, 1.82) is 0 Å². The Kier molecular flexibility index (Phi) is 5.93. The molecule has 0 heterocycles. The molecule has 4 heteroatoms. The van der Waals surface area contributed by atoms with Gasteiger partial charge in [0.25, 0.3) is 0 Å². The lowest BCUT2D eigenvalue weighted by molar-refractivity contribution is 0.593. The number of halogens is 1. The number of alkyl halides is 1. The summed E-state index contributed by atoms with van der Waals surface area (Å²) in [6.45, 7) is 2.08. The fourth-order valence-corrected chi connectivity index (χ4v) is 2.09. The third-order valence-electron chi connectivity index (χ3n) is 1.63. The molecule has 0 aliphatic carbocycles. The van der Waals surface area contributed by atoms with E-state index in [2.05, 4.69) is 6.92 Å². The minimum Gasteiger partial charge on any atom is -0.229 e. The summed E-state index contributed by atoms with van der Waals surface area (Å²) in [6, 6.07) is 0. The summed E-state index contributed by atoms with van der Waals surface area (Å²) < 4.78 is 21.5. The fraction of sp³-hybridized carbons (Fsp3) is 1.00. The molecule has 1 atom stereocenters. The van der Waals surface area contributed by atoms with Crippen LogP contribution < -0.4 is 0 Å². The molecule has 2 nitrogen and oxygen atoms in total. The molecule has 74 valence electrons. The van der Waals surface area contributed by atoms with Crippen LogP contribution in [-0.4, -0.2) is 25.8 Å². The molecule has 0 aromatic heterocycles. The summed E-state index contributed by atoms with van der Waals surface area (Å²) in [4.78, 5) is 0. The van der Waals surface area contributed by atoms with Crippen LogP contribution in [0.1, 0.15) is 32.6 Å². The van der Waals surface area contributed by atoms with Crippen molar-refractivity contribution >= 4 is 21.4 Å². The average Bonchev–Trinajstić information content (AvgIpc) is 1.84. The van der Waals surface area contributed by atoms with Gasteiger partial charge in [0.15, 0.2) is 0 Å². The van der Waals surface area contributed by atoms with Crippen LogP contribution in [0.5, 0.6) is 0 Å². The molecule has 0 amide bonds. The smallest absolute Gasteiger partial charge is 0.147 e. The van der Waals surface area contributed by atoms with E-state index in [1.807, 2.05) is 0 Å². The summed E-state index contributed by atoms with van der Waals surface area (Å²) in [5, 5.41) is 0.150. The van der Waals surface area contributed by atoms with E-state index in [1.165, 1.54) is 6.26 Å². The number of sulfone groups is 1. The molecule has 0 N–H and O–H groups in total. The van der Waals surface area contributed by atoms with Gasteiger partial charge in [0.05, 0.1) is 0 Å². The Morgan fingerprint density at radius 3 is 2.33 bits per heavy atom. The van der Waals surface area contributed by atoms with Crippen molar-refractivity contribution in [2.75, 3.05) is 12.0 Å². The van der Waals surface area contributed by atoms with Crippen LogP contribution in [0.3, 0.4) is 0 Å². The molecular formula is C8H17ClO2S. The van der Waals surface area contributed by atoms with Gasteiger partial charge in [-0.1, -0.05) is 13.3 Å². The van der Waals surface area contributed by atoms with Crippen LogP contribution in [0.2, 0.25) is 0 Å². The van der Waals surface area contributed by atoms with Crippen LogP contribution in [-0.2, 0) is 9.84 Å². The zero-order chi connectivity index (χ0) is 9.61. The summed E-state index contributed by atoms with van der Waals surface area (Å²) in [7, 11) is -2.79. The van der Waals surface area contributed by atoms with Gasteiger partial charge >= 0.3 is 0 Å². The van der Waals surface area contributed by atoms with E-state index in [-0.39, 0.29) is 11.1 Å². The normalized spacial score (nSPS) is 14.6. The Balaban J connectivity index is 3.44. The maximum atomic E-state index is 10.7.